The van der Waals surface area contributed by atoms with E-state index in [1.54, 1.807) is 29.4 Å². The molecule has 1 heterocycles. The van der Waals surface area contributed by atoms with Crippen LogP contribution in [0.3, 0.4) is 0 Å². The first kappa shape index (κ1) is 13.8. The maximum Gasteiger partial charge on any atom is 0.243 e. The van der Waals surface area contributed by atoms with Crippen LogP contribution in [-0.4, -0.2) is 38.4 Å². The maximum atomic E-state index is 12.6. The molecule has 0 aliphatic carbocycles. The molecule has 0 saturated carbocycles. The second-order valence-corrected chi connectivity index (χ2v) is 6.65. The normalized spacial score (nSPS) is 16.9. The predicted molar refractivity (Wildman–Crippen MR) is 72.4 cm³/mol. The number of sulfonamides is 1. The summed E-state index contributed by atoms with van der Waals surface area (Å²) in [6.07, 6.45) is 0. The quantitative estimate of drug-likeness (QED) is 0.916. The lowest BCUT2D eigenvalue weighted by molar-refractivity contribution is 0.249. The van der Waals surface area contributed by atoms with Gasteiger partial charge in [-0.05, 0) is 24.6 Å². The van der Waals surface area contributed by atoms with Crippen molar-refractivity contribution >= 4 is 21.6 Å². The van der Waals surface area contributed by atoms with Gasteiger partial charge in [0.15, 0.2) is 0 Å². The van der Waals surface area contributed by atoms with Gasteiger partial charge in [-0.15, -0.1) is 0 Å². The highest BCUT2D eigenvalue weighted by Crippen LogP contribution is 2.27. The molecule has 1 saturated heterocycles. The Hall–Kier alpha value is -0.620. The molecule has 0 atom stereocenters. The number of hydrogen-bond acceptors (Lipinski definition) is 3. The first-order valence-electron chi connectivity index (χ1n) is 5.96. The molecule has 4 nitrogen and oxygen atoms in total. The molecule has 1 aliphatic heterocycles. The van der Waals surface area contributed by atoms with Crippen molar-refractivity contribution in [3.8, 4) is 0 Å². The molecular weight excluding hydrogens is 272 g/mol. The third-order valence-corrected chi connectivity index (χ3v) is 5.86. The standard InChI is InChI=1S/C12H17ClN2O2S/c1-3-15(10-7-14-8-10)18(16,17)12-6-4-5-11(13)9(12)2/h4-6,10,14H,3,7-8H2,1-2H3. The molecule has 0 unspecified atom stereocenters. The SMILES string of the molecule is CCN(C1CNC1)S(=O)(=O)c1cccc(Cl)c1C. The fourth-order valence-electron chi connectivity index (χ4n) is 2.09. The zero-order valence-electron chi connectivity index (χ0n) is 10.5. The average Bonchev–Trinajstić information content (AvgIpc) is 2.26. The summed E-state index contributed by atoms with van der Waals surface area (Å²) >= 11 is 6.00. The Labute approximate surface area is 113 Å². The van der Waals surface area contributed by atoms with Gasteiger partial charge < -0.3 is 5.32 Å². The molecule has 0 amide bonds. The molecular formula is C12H17ClN2O2S. The Morgan fingerprint density at radius 2 is 2.11 bits per heavy atom. The fourth-order valence-corrected chi connectivity index (χ4v) is 4.21. The third-order valence-electron chi connectivity index (χ3n) is 3.28. The second kappa shape index (κ2) is 5.17. The number of likely N-dealkylation sites (N-methyl/N-ethyl adjacent to an activating group) is 1. The summed E-state index contributed by atoms with van der Waals surface area (Å²) in [5, 5.41) is 3.58. The fraction of sp³-hybridized carbons (Fsp3) is 0.500. The number of halogens is 1. The monoisotopic (exact) mass is 288 g/mol. The van der Waals surface area contributed by atoms with E-state index in [-0.39, 0.29) is 6.04 Å². The van der Waals surface area contributed by atoms with Crippen LogP contribution in [-0.2, 0) is 10.0 Å². The minimum absolute atomic E-state index is 0.0541. The van der Waals surface area contributed by atoms with Gasteiger partial charge in [-0.2, -0.15) is 4.31 Å². The Balaban J connectivity index is 2.43. The zero-order valence-corrected chi connectivity index (χ0v) is 12.1. The largest absolute Gasteiger partial charge is 0.313 e. The van der Waals surface area contributed by atoms with Crippen LogP contribution >= 0.6 is 11.6 Å². The van der Waals surface area contributed by atoms with Crippen LogP contribution in [0.1, 0.15) is 12.5 Å². The Kier molecular flexibility index (Phi) is 3.96. The molecule has 18 heavy (non-hydrogen) atoms. The van der Waals surface area contributed by atoms with Gasteiger partial charge in [-0.25, -0.2) is 8.42 Å². The molecule has 1 N–H and O–H groups in total. The molecule has 1 aromatic carbocycles. The number of rotatable bonds is 4. The van der Waals surface area contributed by atoms with Gasteiger partial charge in [0.25, 0.3) is 0 Å². The minimum Gasteiger partial charge on any atom is -0.313 e. The van der Waals surface area contributed by atoms with E-state index in [9.17, 15) is 8.42 Å². The van der Waals surface area contributed by atoms with E-state index in [0.717, 1.165) is 0 Å². The maximum absolute atomic E-state index is 12.6. The van der Waals surface area contributed by atoms with E-state index in [0.29, 0.717) is 35.1 Å². The number of benzene rings is 1. The van der Waals surface area contributed by atoms with Crippen molar-refractivity contribution in [2.24, 2.45) is 0 Å². The summed E-state index contributed by atoms with van der Waals surface area (Å²) in [7, 11) is -3.46. The summed E-state index contributed by atoms with van der Waals surface area (Å²) in [5.41, 5.74) is 0.616. The Morgan fingerprint density at radius 1 is 1.44 bits per heavy atom. The number of nitrogens with zero attached hydrogens (tertiary/aromatic N) is 1. The number of hydrogen-bond donors (Lipinski definition) is 1. The summed E-state index contributed by atoms with van der Waals surface area (Å²) in [4.78, 5) is 0.309. The van der Waals surface area contributed by atoms with Crippen molar-refractivity contribution < 1.29 is 8.42 Å². The zero-order chi connectivity index (χ0) is 13.3. The van der Waals surface area contributed by atoms with Crippen LogP contribution < -0.4 is 5.32 Å². The topological polar surface area (TPSA) is 49.4 Å². The van der Waals surface area contributed by atoms with Gasteiger partial charge >= 0.3 is 0 Å². The van der Waals surface area contributed by atoms with E-state index in [1.165, 1.54) is 0 Å². The first-order chi connectivity index (χ1) is 8.48. The van der Waals surface area contributed by atoms with Crippen molar-refractivity contribution in [1.29, 1.82) is 0 Å². The molecule has 1 aliphatic rings. The van der Waals surface area contributed by atoms with Crippen LogP contribution in [0, 0.1) is 6.92 Å². The summed E-state index contributed by atoms with van der Waals surface area (Å²) in [6.45, 7) is 5.50. The first-order valence-corrected chi connectivity index (χ1v) is 7.78. The molecule has 0 bridgehead atoms. The van der Waals surface area contributed by atoms with Crippen molar-refractivity contribution in [1.82, 2.24) is 9.62 Å². The van der Waals surface area contributed by atoms with E-state index in [4.69, 9.17) is 11.6 Å². The van der Waals surface area contributed by atoms with Gasteiger partial charge in [-0.1, -0.05) is 24.6 Å². The van der Waals surface area contributed by atoms with Crippen molar-refractivity contribution in [3.63, 3.8) is 0 Å². The van der Waals surface area contributed by atoms with Gasteiger partial charge in [0.1, 0.15) is 0 Å². The van der Waals surface area contributed by atoms with Crippen molar-refractivity contribution in [2.75, 3.05) is 19.6 Å². The van der Waals surface area contributed by atoms with E-state index < -0.39 is 10.0 Å². The lowest BCUT2D eigenvalue weighted by Gasteiger charge is -2.36. The van der Waals surface area contributed by atoms with Gasteiger partial charge in [0.05, 0.1) is 4.90 Å². The smallest absolute Gasteiger partial charge is 0.243 e. The molecule has 2 rings (SSSR count). The van der Waals surface area contributed by atoms with Crippen LogP contribution in [0.4, 0.5) is 0 Å². The summed E-state index contributed by atoms with van der Waals surface area (Å²) < 4.78 is 26.8. The summed E-state index contributed by atoms with van der Waals surface area (Å²) in [6, 6.07) is 5.05. The van der Waals surface area contributed by atoms with E-state index >= 15 is 0 Å². The highest BCUT2D eigenvalue weighted by Gasteiger charge is 2.34. The molecule has 100 valence electrons. The van der Waals surface area contributed by atoms with Crippen LogP contribution in [0.2, 0.25) is 5.02 Å². The predicted octanol–water partition coefficient (Wildman–Crippen LogP) is 1.63. The Bertz CT molecular complexity index is 541. The molecule has 6 heteroatoms. The third kappa shape index (κ3) is 2.28. The van der Waals surface area contributed by atoms with E-state index in [2.05, 4.69) is 5.32 Å². The highest BCUT2D eigenvalue weighted by atomic mass is 35.5. The lowest BCUT2D eigenvalue weighted by atomic mass is 10.2. The molecule has 1 aromatic rings. The van der Waals surface area contributed by atoms with Gasteiger partial charge in [0, 0.05) is 30.7 Å². The molecule has 0 aromatic heterocycles. The molecule has 0 spiro atoms. The van der Waals surface area contributed by atoms with Gasteiger partial charge in [-0.3, -0.25) is 0 Å². The minimum atomic E-state index is -3.46. The van der Waals surface area contributed by atoms with Crippen molar-refractivity contribution in [2.45, 2.75) is 24.8 Å². The van der Waals surface area contributed by atoms with E-state index in [1.807, 2.05) is 6.92 Å². The van der Waals surface area contributed by atoms with Crippen LogP contribution in [0.5, 0.6) is 0 Å². The highest BCUT2D eigenvalue weighted by molar-refractivity contribution is 7.89. The Morgan fingerprint density at radius 3 is 2.61 bits per heavy atom. The van der Waals surface area contributed by atoms with Crippen molar-refractivity contribution in [3.05, 3.63) is 28.8 Å². The summed E-state index contributed by atoms with van der Waals surface area (Å²) in [5.74, 6) is 0. The lowest BCUT2D eigenvalue weighted by Crippen LogP contribution is -2.58. The van der Waals surface area contributed by atoms with Crippen LogP contribution in [0.15, 0.2) is 23.1 Å². The molecule has 1 fully saturated rings. The number of nitrogens with one attached hydrogen (secondary N) is 1. The van der Waals surface area contributed by atoms with Crippen LogP contribution in [0.25, 0.3) is 0 Å². The average molecular weight is 289 g/mol. The van der Waals surface area contributed by atoms with Gasteiger partial charge in [0.2, 0.25) is 10.0 Å². The second-order valence-electron chi connectivity index (χ2n) is 4.38. The molecule has 0 radical (unpaired) electrons.